The SMILES string of the molecule is C[C@H]1C[C@@H](c2ccncc2NC(=O)c2ccc(F)c(-c3c(F)cc(C4COC4)cc3F)n2)C[C@@H](N)[C@H]1NC(=O)O. The predicted octanol–water partition coefficient (Wildman–Crippen LogP) is 4.40. The molecule has 210 valence electrons. The normalized spacial score (nSPS) is 22.8. The Morgan fingerprint density at radius 2 is 1.77 bits per heavy atom. The minimum atomic E-state index is -1.14. The van der Waals surface area contributed by atoms with Crippen molar-refractivity contribution in [3.05, 3.63) is 77.0 Å². The second kappa shape index (κ2) is 11.2. The Morgan fingerprint density at radius 1 is 1.05 bits per heavy atom. The first-order chi connectivity index (χ1) is 19.1. The highest BCUT2D eigenvalue weighted by Crippen LogP contribution is 2.39. The molecule has 1 aliphatic carbocycles. The van der Waals surface area contributed by atoms with E-state index in [-0.39, 0.29) is 23.4 Å². The number of hydrogen-bond donors (Lipinski definition) is 4. The van der Waals surface area contributed by atoms with E-state index in [9.17, 15) is 22.8 Å². The van der Waals surface area contributed by atoms with E-state index < -0.39 is 52.8 Å². The zero-order valence-corrected chi connectivity index (χ0v) is 21.5. The zero-order valence-electron chi connectivity index (χ0n) is 21.5. The van der Waals surface area contributed by atoms with Gasteiger partial charge in [0.15, 0.2) is 0 Å². The summed E-state index contributed by atoms with van der Waals surface area (Å²) in [6.45, 7) is 2.60. The van der Waals surface area contributed by atoms with Crippen LogP contribution in [-0.2, 0) is 4.74 Å². The molecule has 3 heterocycles. The van der Waals surface area contributed by atoms with Crippen LogP contribution in [0.5, 0.6) is 0 Å². The second-order valence-corrected chi connectivity index (χ2v) is 10.3. The van der Waals surface area contributed by atoms with Gasteiger partial charge in [0, 0.05) is 24.2 Å². The van der Waals surface area contributed by atoms with E-state index in [1.165, 1.54) is 6.20 Å². The quantitative estimate of drug-likeness (QED) is 0.353. The van der Waals surface area contributed by atoms with Crippen LogP contribution < -0.4 is 16.4 Å². The van der Waals surface area contributed by atoms with Crippen molar-refractivity contribution in [2.45, 2.75) is 43.7 Å². The molecule has 4 atom stereocenters. The van der Waals surface area contributed by atoms with E-state index >= 15 is 0 Å². The van der Waals surface area contributed by atoms with Crippen LogP contribution in [0.15, 0.2) is 42.7 Å². The van der Waals surface area contributed by atoms with Crippen molar-refractivity contribution in [2.24, 2.45) is 11.7 Å². The first kappa shape index (κ1) is 27.5. The third kappa shape index (κ3) is 5.50. The predicted molar refractivity (Wildman–Crippen MR) is 139 cm³/mol. The lowest BCUT2D eigenvalue weighted by Gasteiger charge is -2.39. The first-order valence-corrected chi connectivity index (χ1v) is 12.9. The standard InChI is InChI=1S/C28H28F3N5O4/c1-13-6-15(9-21(32)25(13)36-28(38)39)17-4-5-33-10-23(17)35-27(37)22-3-2-18(29)26(34-22)24-19(30)7-14(8-20(24)31)16-11-40-12-16/h2-5,7-8,10,13,15-16,21,25,36H,6,9,11-12,32H2,1H3,(H,35,37)(H,38,39)/t13-,15+,21+,25-/m0/s1. The van der Waals surface area contributed by atoms with Crippen LogP contribution in [0.4, 0.5) is 23.7 Å². The molecule has 5 rings (SSSR count). The summed E-state index contributed by atoms with van der Waals surface area (Å²) in [5, 5.41) is 14.3. The third-order valence-corrected chi connectivity index (χ3v) is 7.61. The maximum absolute atomic E-state index is 15.0. The molecule has 0 unspecified atom stereocenters. The average molecular weight is 556 g/mol. The van der Waals surface area contributed by atoms with Crippen LogP contribution in [0, 0.1) is 23.4 Å². The van der Waals surface area contributed by atoms with Crippen molar-refractivity contribution in [1.82, 2.24) is 15.3 Å². The Balaban J connectivity index is 1.38. The molecule has 9 nitrogen and oxygen atoms in total. The Bertz CT molecular complexity index is 1420. The summed E-state index contributed by atoms with van der Waals surface area (Å²) in [7, 11) is 0. The van der Waals surface area contributed by atoms with Crippen LogP contribution in [-0.4, -0.2) is 52.4 Å². The number of nitrogens with two attached hydrogens (primary N) is 1. The van der Waals surface area contributed by atoms with Gasteiger partial charge in [-0.25, -0.2) is 22.9 Å². The Hall–Kier alpha value is -4.03. The highest BCUT2D eigenvalue weighted by Gasteiger charge is 2.36. The smallest absolute Gasteiger partial charge is 0.404 e. The maximum Gasteiger partial charge on any atom is 0.404 e. The number of carbonyl (C=O) groups excluding carboxylic acids is 1. The fraction of sp³-hybridized carbons (Fsp3) is 0.357. The lowest BCUT2D eigenvalue weighted by Crippen LogP contribution is -2.54. The van der Waals surface area contributed by atoms with Crippen molar-refractivity contribution in [3.8, 4) is 11.3 Å². The number of aromatic nitrogens is 2. The number of halogens is 3. The number of nitrogens with zero attached hydrogens (tertiary/aromatic N) is 2. The molecule has 1 aliphatic heterocycles. The van der Waals surface area contributed by atoms with Crippen molar-refractivity contribution in [1.29, 1.82) is 0 Å². The fourth-order valence-corrected chi connectivity index (χ4v) is 5.51. The fourth-order valence-electron chi connectivity index (χ4n) is 5.51. The van der Waals surface area contributed by atoms with Crippen LogP contribution >= 0.6 is 0 Å². The second-order valence-electron chi connectivity index (χ2n) is 10.3. The summed E-state index contributed by atoms with van der Waals surface area (Å²) in [6, 6.07) is 5.21. The molecule has 1 saturated heterocycles. The van der Waals surface area contributed by atoms with Crippen molar-refractivity contribution in [2.75, 3.05) is 18.5 Å². The van der Waals surface area contributed by atoms with Gasteiger partial charge in [0.1, 0.15) is 28.8 Å². The average Bonchev–Trinajstić information content (AvgIpc) is 2.86. The highest BCUT2D eigenvalue weighted by atomic mass is 19.1. The molecule has 40 heavy (non-hydrogen) atoms. The maximum atomic E-state index is 15.0. The van der Waals surface area contributed by atoms with Crippen LogP contribution in [0.2, 0.25) is 0 Å². The molecule has 12 heteroatoms. The third-order valence-electron chi connectivity index (χ3n) is 7.61. The van der Waals surface area contributed by atoms with Gasteiger partial charge in [-0.2, -0.15) is 0 Å². The molecular formula is C28H28F3N5O4. The minimum Gasteiger partial charge on any atom is -0.465 e. The number of pyridine rings is 2. The summed E-state index contributed by atoms with van der Waals surface area (Å²) >= 11 is 0. The summed E-state index contributed by atoms with van der Waals surface area (Å²) in [6.07, 6.45) is 2.95. The van der Waals surface area contributed by atoms with Gasteiger partial charge in [0.05, 0.1) is 30.7 Å². The van der Waals surface area contributed by atoms with Gasteiger partial charge in [-0.1, -0.05) is 6.92 Å². The molecule has 5 N–H and O–H groups in total. The number of carboxylic acid groups (broad SMARTS) is 1. The van der Waals surface area contributed by atoms with Crippen LogP contribution in [0.3, 0.4) is 0 Å². The summed E-state index contributed by atoms with van der Waals surface area (Å²) < 4.78 is 49.7. The van der Waals surface area contributed by atoms with Crippen molar-refractivity contribution >= 4 is 17.7 Å². The molecule has 2 aromatic heterocycles. The molecule has 2 fully saturated rings. The summed E-state index contributed by atoms with van der Waals surface area (Å²) in [4.78, 5) is 32.4. The number of amides is 2. The topological polar surface area (TPSA) is 139 Å². The first-order valence-electron chi connectivity index (χ1n) is 12.9. The Labute approximate surface area is 228 Å². The molecule has 1 aromatic carbocycles. The minimum absolute atomic E-state index is 0.0733. The summed E-state index contributed by atoms with van der Waals surface area (Å²) in [5.74, 6) is -3.99. The largest absolute Gasteiger partial charge is 0.465 e. The number of nitrogens with one attached hydrogen (secondary N) is 2. The van der Waals surface area contributed by atoms with Gasteiger partial charge in [-0.15, -0.1) is 0 Å². The van der Waals surface area contributed by atoms with Crippen LogP contribution in [0.25, 0.3) is 11.3 Å². The van der Waals surface area contributed by atoms with Crippen molar-refractivity contribution in [3.63, 3.8) is 0 Å². The van der Waals surface area contributed by atoms with E-state index in [0.29, 0.717) is 37.3 Å². The number of benzene rings is 1. The molecule has 2 amide bonds. The molecule has 0 bridgehead atoms. The summed E-state index contributed by atoms with van der Waals surface area (Å²) in [5.41, 5.74) is 6.29. The van der Waals surface area contributed by atoms with Gasteiger partial charge in [-0.3, -0.25) is 9.78 Å². The van der Waals surface area contributed by atoms with E-state index in [2.05, 4.69) is 20.6 Å². The Kier molecular flexibility index (Phi) is 7.72. The Morgan fingerprint density at radius 3 is 2.40 bits per heavy atom. The molecular weight excluding hydrogens is 527 g/mol. The molecule has 3 aromatic rings. The molecule has 0 spiro atoms. The van der Waals surface area contributed by atoms with Gasteiger partial charge in [0.2, 0.25) is 0 Å². The van der Waals surface area contributed by atoms with Gasteiger partial charge >= 0.3 is 6.09 Å². The van der Waals surface area contributed by atoms with E-state index in [1.54, 1.807) is 12.3 Å². The molecule has 1 saturated carbocycles. The number of hydrogen-bond acceptors (Lipinski definition) is 6. The van der Waals surface area contributed by atoms with E-state index in [1.807, 2.05) is 6.92 Å². The lowest BCUT2D eigenvalue weighted by molar-refractivity contribution is 0.00822. The number of rotatable bonds is 6. The monoisotopic (exact) mass is 555 g/mol. The highest BCUT2D eigenvalue weighted by molar-refractivity contribution is 6.03. The number of carbonyl (C=O) groups is 2. The van der Waals surface area contributed by atoms with Gasteiger partial charge in [-0.05, 0) is 66.1 Å². The lowest BCUT2D eigenvalue weighted by atomic mass is 9.73. The van der Waals surface area contributed by atoms with Gasteiger partial charge < -0.3 is 26.2 Å². The zero-order chi connectivity index (χ0) is 28.6. The van der Waals surface area contributed by atoms with E-state index in [0.717, 1.165) is 29.8 Å². The van der Waals surface area contributed by atoms with Gasteiger partial charge in [0.25, 0.3) is 5.91 Å². The molecule has 2 aliphatic rings. The molecule has 0 radical (unpaired) electrons. The number of ether oxygens (including phenoxy) is 1. The van der Waals surface area contributed by atoms with Crippen molar-refractivity contribution < 1.29 is 32.6 Å². The number of anilines is 1. The van der Waals surface area contributed by atoms with E-state index in [4.69, 9.17) is 15.6 Å². The van der Waals surface area contributed by atoms with Crippen LogP contribution in [0.1, 0.15) is 53.2 Å².